The van der Waals surface area contributed by atoms with Gasteiger partial charge in [-0.25, -0.2) is 0 Å². The van der Waals surface area contributed by atoms with E-state index >= 15 is 0 Å². The average molecular weight is 398 g/mol. The van der Waals surface area contributed by atoms with E-state index in [4.69, 9.17) is 10.2 Å². The maximum atomic E-state index is 12.6. The first-order valence-corrected chi connectivity index (χ1v) is 5.83. The summed E-state index contributed by atoms with van der Waals surface area (Å²) in [7, 11) is 0. The maximum Gasteiger partial charge on any atom is 0.430 e. The van der Waals surface area contributed by atoms with Crippen molar-refractivity contribution in [1.82, 2.24) is 0 Å². The molecule has 0 aromatic heterocycles. The van der Waals surface area contributed by atoms with Gasteiger partial charge in [-0.15, -0.1) is 0 Å². The van der Waals surface area contributed by atoms with Crippen LogP contribution >= 0.6 is 0 Å². The zero-order valence-corrected chi connectivity index (χ0v) is 11.3. The first-order valence-electron chi connectivity index (χ1n) is 5.83. The van der Waals surface area contributed by atoms with Gasteiger partial charge in [0.25, 0.3) is 11.2 Å². The number of allylic oxidation sites excluding steroid dienone is 2. The molecule has 0 saturated carbocycles. The Morgan fingerprint density at radius 1 is 0.520 bits per heavy atom. The molecule has 1 rings (SSSR count). The molecule has 0 atom stereocenters. The number of rotatable bonds is 2. The molecule has 2 nitrogen and oxygen atoms in total. The summed E-state index contributed by atoms with van der Waals surface area (Å²) in [6.45, 7) is 0. The van der Waals surface area contributed by atoms with Crippen molar-refractivity contribution >= 4 is 0 Å². The summed E-state index contributed by atoms with van der Waals surface area (Å²) < 4.78 is 151. The second kappa shape index (κ2) is 5.53. The van der Waals surface area contributed by atoms with Gasteiger partial charge in [-0.3, -0.25) is 0 Å². The van der Waals surface area contributed by atoms with Crippen molar-refractivity contribution < 1.29 is 62.9 Å². The molecule has 0 spiro atoms. The summed E-state index contributed by atoms with van der Waals surface area (Å²) in [5, 5.41) is 18.0. The highest BCUT2D eigenvalue weighted by atomic mass is 19.4. The van der Waals surface area contributed by atoms with Gasteiger partial charge in [-0.2, -0.15) is 52.7 Å². The topological polar surface area (TPSA) is 40.5 Å². The van der Waals surface area contributed by atoms with Crippen molar-refractivity contribution in [3.05, 3.63) is 23.3 Å². The van der Waals surface area contributed by atoms with Crippen LogP contribution in [0.4, 0.5) is 52.7 Å². The molecule has 1 aliphatic rings. The van der Waals surface area contributed by atoms with Crippen molar-refractivity contribution in [1.29, 1.82) is 0 Å². The van der Waals surface area contributed by atoms with Crippen molar-refractivity contribution in [3.8, 4) is 0 Å². The molecule has 1 aliphatic carbocycles. The van der Waals surface area contributed by atoms with Crippen LogP contribution in [0, 0.1) is 0 Å². The minimum atomic E-state index is -6.49. The van der Waals surface area contributed by atoms with Gasteiger partial charge in [0.2, 0.25) is 0 Å². The van der Waals surface area contributed by atoms with Crippen LogP contribution in [0.2, 0.25) is 0 Å². The lowest BCUT2D eigenvalue weighted by Gasteiger charge is -2.36. The molecule has 25 heavy (non-hydrogen) atoms. The number of aliphatic hydroxyl groups is 2. The predicted octanol–water partition coefficient (Wildman–Crippen LogP) is 3.95. The number of halogens is 12. The van der Waals surface area contributed by atoms with Crippen molar-refractivity contribution in [2.24, 2.45) is 0 Å². The minimum absolute atomic E-state index is 0.390. The Labute approximate surface area is 130 Å². The smallest absolute Gasteiger partial charge is 0.370 e. The van der Waals surface area contributed by atoms with Crippen LogP contribution in [-0.2, 0) is 0 Å². The number of hydrogen-bond acceptors (Lipinski definition) is 2. The van der Waals surface area contributed by atoms with Crippen molar-refractivity contribution in [2.45, 2.75) is 42.3 Å². The van der Waals surface area contributed by atoms with E-state index in [0.29, 0.717) is 0 Å². The third-order valence-electron chi connectivity index (χ3n) is 3.44. The number of alkyl halides is 12. The molecular weight excluding hydrogens is 392 g/mol. The minimum Gasteiger partial charge on any atom is -0.370 e. The molecule has 2 N–H and O–H groups in total. The molecule has 0 heterocycles. The fraction of sp³-hybridized carbons (Fsp3) is 0.636. The largest absolute Gasteiger partial charge is 0.430 e. The molecule has 0 radical (unpaired) electrons. The Balaban J connectivity index is 3.39. The molecular formula is C11H6F12O2. The molecule has 146 valence electrons. The number of hydrogen-bond donors (Lipinski definition) is 2. The predicted molar refractivity (Wildman–Crippen MR) is 54.9 cm³/mol. The van der Waals surface area contributed by atoms with Gasteiger partial charge in [0.15, 0.2) is 0 Å². The van der Waals surface area contributed by atoms with Crippen LogP contribution in [0.25, 0.3) is 0 Å². The molecule has 0 fully saturated rings. The van der Waals surface area contributed by atoms with E-state index in [1.807, 2.05) is 0 Å². The Bertz CT molecular complexity index is 506. The standard InChI is InChI=1S/C11H6F12O2/c12-8(13,14)6(24,9(15,16)17)4-1-2-5(3-4)7(25,10(18,19)20)11(21,22)23/h1-2,24-25H,3H2. The molecule has 0 aliphatic heterocycles. The molecule has 0 aromatic rings. The van der Waals surface area contributed by atoms with E-state index in [0.717, 1.165) is 0 Å². The van der Waals surface area contributed by atoms with Gasteiger partial charge in [0.1, 0.15) is 0 Å². The van der Waals surface area contributed by atoms with Gasteiger partial charge in [0, 0.05) is 0 Å². The average Bonchev–Trinajstić information content (AvgIpc) is 2.80. The molecule has 0 aromatic carbocycles. The second-order valence-electron chi connectivity index (χ2n) is 4.97. The fourth-order valence-electron chi connectivity index (χ4n) is 2.07. The molecule has 0 bridgehead atoms. The summed E-state index contributed by atoms with van der Waals surface area (Å²) in [6, 6.07) is 0. The van der Waals surface area contributed by atoms with Crippen molar-refractivity contribution in [2.75, 3.05) is 0 Å². The Kier molecular flexibility index (Phi) is 4.78. The molecule has 14 heteroatoms. The zero-order valence-electron chi connectivity index (χ0n) is 11.3. The lowest BCUT2D eigenvalue weighted by Crippen LogP contribution is -2.60. The quantitative estimate of drug-likeness (QED) is 0.692. The third-order valence-corrected chi connectivity index (χ3v) is 3.44. The zero-order chi connectivity index (χ0) is 20.3. The van der Waals surface area contributed by atoms with E-state index in [-0.39, 0.29) is 0 Å². The van der Waals surface area contributed by atoms with Gasteiger partial charge >= 0.3 is 24.7 Å². The Morgan fingerprint density at radius 3 is 0.880 bits per heavy atom. The molecule has 0 unspecified atom stereocenters. The van der Waals surface area contributed by atoms with Crippen LogP contribution in [0.5, 0.6) is 0 Å². The van der Waals surface area contributed by atoms with Gasteiger partial charge in [0.05, 0.1) is 0 Å². The Hall–Kier alpha value is -1.44. The summed E-state index contributed by atoms with van der Waals surface area (Å²) in [6.07, 6.45) is -29.0. The lowest BCUT2D eigenvalue weighted by molar-refractivity contribution is -0.356. The monoisotopic (exact) mass is 398 g/mol. The van der Waals surface area contributed by atoms with E-state index < -0.39 is 65.6 Å². The van der Waals surface area contributed by atoms with E-state index in [1.54, 1.807) is 0 Å². The first kappa shape index (κ1) is 21.6. The summed E-state index contributed by atoms with van der Waals surface area (Å²) in [5.41, 5.74) is -15.9. The second-order valence-corrected chi connectivity index (χ2v) is 4.97. The summed E-state index contributed by atoms with van der Waals surface area (Å²) in [4.78, 5) is 0. The molecule has 0 saturated heterocycles. The lowest BCUT2D eigenvalue weighted by atomic mass is 9.84. The SMILES string of the molecule is OC(C1=CC=C(C(O)(C(F)(F)F)C(F)(F)F)C1)(C(F)(F)F)C(F)(F)F. The summed E-state index contributed by atoms with van der Waals surface area (Å²) >= 11 is 0. The Morgan fingerprint density at radius 2 is 0.720 bits per heavy atom. The van der Waals surface area contributed by atoms with E-state index in [2.05, 4.69) is 0 Å². The van der Waals surface area contributed by atoms with Crippen LogP contribution in [-0.4, -0.2) is 46.1 Å². The van der Waals surface area contributed by atoms with Crippen LogP contribution in [0.3, 0.4) is 0 Å². The molecule has 0 amide bonds. The van der Waals surface area contributed by atoms with Gasteiger partial charge < -0.3 is 10.2 Å². The third kappa shape index (κ3) is 3.09. The highest BCUT2D eigenvalue weighted by molar-refractivity contribution is 5.43. The van der Waals surface area contributed by atoms with Gasteiger partial charge in [-0.1, -0.05) is 12.2 Å². The highest BCUT2D eigenvalue weighted by Gasteiger charge is 2.75. The van der Waals surface area contributed by atoms with E-state index in [1.165, 1.54) is 0 Å². The fourth-order valence-corrected chi connectivity index (χ4v) is 2.07. The van der Waals surface area contributed by atoms with Crippen LogP contribution < -0.4 is 0 Å². The first-order chi connectivity index (χ1) is 10.7. The summed E-state index contributed by atoms with van der Waals surface area (Å²) in [5.74, 6) is 0. The van der Waals surface area contributed by atoms with E-state index in [9.17, 15) is 52.7 Å². The van der Waals surface area contributed by atoms with Crippen LogP contribution in [0.15, 0.2) is 23.3 Å². The highest BCUT2D eigenvalue weighted by Crippen LogP contribution is 2.55. The van der Waals surface area contributed by atoms with Crippen LogP contribution in [0.1, 0.15) is 6.42 Å². The maximum absolute atomic E-state index is 12.6. The van der Waals surface area contributed by atoms with Crippen molar-refractivity contribution in [3.63, 3.8) is 0 Å². The normalized spacial score (nSPS) is 18.3. The van der Waals surface area contributed by atoms with Gasteiger partial charge in [-0.05, 0) is 17.6 Å².